The van der Waals surface area contributed by atoms with Crippen molar-refractivity contribution < 1.29 is 22.7 Å². The van der Waals surface area contributed by atoms with Crippen LogP contribution in [0, 0.1) is 0 Å². The number of hydrogen-bond acceptors (Lipinski definition) is 7. The summed E-state index contributed by atoms with van der Waals surface area (Å²) in [6, 6.07) is 3.69. The van der Waals surface area contributed by atoms with Crippen LogP contribution in [0.5, 0.6) is 5.75 Å². The Kier molecular flexibility index (Phi) is 5.78. The van der Waals surface area contributed by atoms with Crippen LogP contribution in [0.1, 0.15) is 17.5 Å². The molecule has 1 atom stereocenters. The van der Waals surface area contributed by atoms with Gasteiger partial charge in [0, 0.05) is 36.4 Å². The van der Waals surface area contributed by atoms with Crippen molar-refractivity contribution in [3.8, 4) is 5.75 Å². The molecular formula is C22H19F3N6O2S. The van der Waals surface area contributed by atoms with Gasteiger partial charge in [0.1, 0.15) is 23.8 Å². The first kappa shape index (κ1) is 22.4. The van der Waals surface area contributed by atoms with Crippen LogP contribution in [0.15, 0.2) is 46.8 Å². The fourth-order valence-electron chi connectivity index (χ4n) is 3.83. The van der Waals surface area contributed by atoms with Gasteiger partial charge in [-0.1, -0.05) is 0 Å². The minimum Gasteiger partial charge on any atom is -0.489 e. The molecule has 1 amide bonds. The predicted octanol–water partition coefficient (Wildman–Crippen LogP) is 3.95. The molecule has 0 radical (unpaired) electrons. The van der Waals surface area contributed by atoms with Gasteiger partial charge in [0.2, 0.25) is 0 Å². The van der Waals surface area contributed by atoms with Crippen LogP contribution in [-0.2, 0) is 11.0 Å². The van der Waals surface area contributed by atoms with E-state index < -0.39 is 17.6 Å². The number of rotatable bonds is 4. The van der Waals surface area contributed by atoms with Crippen molar-refractivity contribution in [1.82, 2.24) is 25.2 Å². The number of thioether (sulfide) groups is 1. The number of likely N-dealkylation sites (N-methyl/N-ethyl adjacent to an activating group) is 1. The quantitative estimate of drug-likeness (QED) is 0.540. The lowest BCUT2D eigenvalue weighted by Crippen LogP contribution is -2.21. The summed E-state index contributed by atoms with van der Waals surface area (Å²) in [6.45, 7) is 1.49. The highest BCUT2D eigenvalue weighted by atomic mass is 32.2. The molecule has 0 spiro atoms. The number of carbonyl (C=O) groups is 1. The number of aliphatic imine (C=N–C) groups is 1. The zero-order valence-electron chi connectivity index (χ0n) is 17.9. The monoisotopic (exact) mass is 488 g/mol. The van der Waals surface area contributed by atoms with Gasteiger partial charge in [0.15, 0.2) is 5.17 Å². The first-order chi connectivity index (χ1) is 16.3. The van der Waals surface area contributed by atoms with Crippen molar-refractivity contribution in [3.05, 3.63) is 53.0 Å². The van der Waals surface area contributed by atoms with Gasteiger partial charge in [0.05, 0.1) is 16.2 Å². The minimum absolute atomic E-state index is 0.0592. The largest absolute Gasteiger partial charge is 0.489 e. The minimum atomic E-state index is -4.64. The van der Waals surface area contributed by atoms with Gasteiger partial charge in [-0.05, 0) is 49.5 Å². The van der Waals surface area contributed by atoms with Crippen LogP contribution in [0.4, 0.5) is 18.9 Å². The number of nitrogens with zero attached hydrogens (tertiary/aromatic N) is 4. The maximum Gasteiger partial charge on any atom is 0.418 e. The number of alkyl halides is 3. The van der Waals surface area contributed by atoms with Crippen molar-refractivity contribution in [1.29, 1.82) is 0 Å². The molecule has 1 unspecified atom stereocenters. The van der Waals surface area contributed by atoms with Crippen LogP contribution >= 0.6 is 11.8 Å². The molecule has 5 rings (SSSR count). The van der Waals surface area contributed by atoms with E-state index in [1.165, 1.54) is 18.5 Å². The summed E-state index contributed by atoms with van der Waals surface area (Å²) < 4.78 is 47.1. The Morgan fingerprint density at radius 1 is 1.35 bits per heavy atom. The van der Waals surface area contributed by atoms with Crippen molar-refractivity contribution in [2.75, 3.05) is 20.1 Å². The summed E-state index contributed by atoms with van der Waals surface area (Å²) in [5.74, 6) is -0.310. The highest BCUT2D eigenvalue weighted by Crippen LogP contribution is 2.40. The van der Waals surface area contributed by atoms with Crippen LogP contribution < -0.4 is 10.1 Å². The Balaban J connectivity index is 1.41. The summed E-state index contributed by atoms with van der Waals surface area (Å²) in [5, 5.41) is 3.31. The summed E-state index contributed by atoms with van der Waals surface area (Å²) in [5.41, 5.74) is 0.0721. The molecule has 2 aliphatic heterocycles. The summed E-state index contributed by atoms with van der Waals surface area (Å²) in [6.07, 6.45) is 2.26. The number of benzene rings is 1. The smallest absolute Gasteiger partial charge is 0.418 e. The molecule has 0 aliphatic carbocycles. The number of halogens is 3. The molecular weight excluding hydrogens is 469 g/mol. The number of likely N-dealkylation sites (tertiary alicyclic amines) is 1. The van der Waals surface area contributed by atoms with E-state index >= 15 is 0 Å². The Bertz CT molecular complexity index is 1320. The third kappa shape index (κ3) is 4.64. The average Bonchev–Trinajstić information content (AvgIpc) is 3.48. The van der Waals surface area contributed by atoms with Crippen molar-refractivity contribution in [3.63, 3.8) is 0 Å². The number of hydrogen-bond donors (Lipinski definition) is 2. The Morgan fingerprint density at radius 3 is 2.97 bits per heavy atom. The molecule has 2 fully saturated rings. The number of aromatic amines is 1. The van der Waals surface area contributed by atoms with E-state index in [4.69, 9.17) is 4.74 Å². The van der Waals surface area contributed by atoms with E-state index in [-0.39, 0.29) is 22.7 Å². The number of amides is 1. The first-order valence-electron chi connectivity index (χ1n) is 10.4. The summed E-state index contributed by atoms with van der Waals surface area (Å²) in [7, 11) is 1.94. The third-order valence-electron chi connectivity index (χ3n) is 5.47. The summed E-state index contributed by atoms with van der Waals surface area (Å²) >= 11 is 0.962. The second-order valence-corrected chi connectivity index (χ2v) is 9.01. The van der Waals surface area contributed by atoms with Crippen molar-refractivity contribution in [2.45, 2.75) is 18.7 Å². The van der Waals surface area contributed by atoms with E-state index in [0.29, 0.717) is 22.7 Å². The average molecular weight is 488 g/mol. The van der Waals surface area contributed by atoms with E-state index in [1.54, 1.807) is 18.5 Å². The number of H-pyrrole nitrogens is 1. The summed E-state index contributed by atoms with van der Waals surface area (Å²) in [4.78, 5) is 29.9. The highest BCUT2D eigenvalue weighted by molar-refractivity contribution is 8.18. The number of carbonyl (C=O) groups excluding carboxylic acids is 1. The first-order valence-corrected chi connectivity index (χ1v) is 11.2. The van der Waals surface area contributed by atoms with Gasteiger partial charge < -0.3 is 19.9 Å². The van der Waals surface area contributed by atoms with Gasteiger partial charge in [-0.25, -0.2) is 15.0 Å². The van der Waals surface area contributed by atoms with Crippen LogP contribution in [0.2, 0.25) is 0 Å². The Hall–Kier alpha value is -3.38. The standard InChI is InChI=1S/C22H19F3N6O2S/c1-31-5-4-14(10-31)33-13-2-3-17(16(7-13)22(23,24)25)29-21-30-20(32)18(34-21)6-12-8-27-19-15(12)9-26-11-28-19/h2-3,6-9,11,14H,4-5,10H2,1H3,(H,26,27,28)(H,29,30,32). The third-order valence-corrected chi connectivity index (χ3v) is 6.38. The lowest BCUT2D eigenvalue weighted by atomic mass is 10.1. The molecule has 3 aromatic rings. The van der Waals surface area contributed by atoms with Gasteiger partial charge in [-0.3, -0.25) is 4.79 Å². The van der Waals surface area contributed by atoms with Gasteiger partial charge in [-0.15, -0.1) is 0 Å². The van der Waals surface area contributed by atoms with Crippen molar-refractivity contribution in [2.24, 2.45) is 4.99 Å². The molecule has 2 N–H and O–H groups in total. The molecule has 0 saturated carbocycles. The zero-order chi connectivity index (χ0) is 23.9. The topological polar surface area (TPSA) is 95.5 Å². The number of amidine groups is 1. The maximum atomic E-state index is 13.8. The maximum absolute atomic E-state index is 13.8. The molecule has 4 heterocycles. The molecule has 176 valence electrons. The normalized spacial score (nSPS) is 21.6. The van der Waals surface area contributed by atoms with Crippen LogP contribution in [0.3, 0.4) is 0 Å². The lowest BCUT2D eigenvalue weighted by Gasteiger charge is -2.16. The molecule has 2 saturated heterocycles. The molecule has 2 aliphatic rings. The van der Waals surface area contributed by atoms with Gasteiger partial charge in [-0.2, -0.15) is 13.2 Å². The fraction of sp³-hybridized carbons (Fsp3) is 0.273. The molecule has 0 bridgehead atoms. The van der Waals surface area contributed by atoms with Gasteiger partial charge >= 0.3 is 6.18 Å². The molecule has 2 aromatic heterocycles. The number of ether oxygens (including phenoxy) is 1. The lowest BCUT2D eigenvalue weighted by molar-refractivity contribution is -0.137. The van der Waals surface area contributed by atoms with E-state index in [9.17, 15) is 18.0 Å². The van der Waals surface area contributed by atoms with E-state index in [0.717, 1.165) is 36.2 Å². The number of aromatic nitrogens is 3. The Labute approximate surface area is 196 Å². The van der Waals surface area contributed by atoms with Crippen LogP contribution in [-0.4, -0.2) is 57.2 Å². The molecule has 34 heavy (non-hydrogen) atoms. The fourth-order valence-corrected chi connectivity index (χ4v) is 4.65. The molecule has 8 nitrogen and oxygen atoms in total. The van der Waals surface area contributed by atoms with Gasteiger partial charge in [0.25, 0.3) is 5.91 Å². The van der Waals surface area contributed by atoms with Crippen LogP contribution in [0.25, 0.3) is 17.1 Å². The SMILES string of the molecule is CN1CCC(Oc2ccc(N=C3NC(=O)C(=Cc4c[nH]c5ncncc45)S3)c(C(F)(F)F)c2)C1. The zero-order valence-corrected chi connectivity index (χ0v) is 18.7. The second kappa shape index (κ2) is 8.76. The second-order valence-electron chi connectivity index (χ2n) is 7.98. The highest BCUT2D eigenvalue weighted by Gasteiger charge is 2.35. The number of fused-ring (bicyclic) bond motifs is 1. The number of nitrogens with one attached hydrogen (secondary N) is 2. The molecule has 1 aromatic carbocycles. The molecule has 12 heteroatoms. The van der Waals surface area contributed by atoms with E-state index in [1.807, 2.05) is 7.05 Å². The van der Waals surface area contributed by atoms with E-state index in [2.05, 4.69) is 30.2 Å². The van der Waals surface area contributed by atoms with Crippen molar-refractivity contribution >= 4 is 45.6 Å². The predicted molar refractivity (Wildman–Crippen MR) is 123 cm³/mol. The Morgan fingerprint density at radius 2 is 2.21 bits per heavy atom.